The molecule has 0 radical (unpaired) electrons. The Kier molecular flexibility index (Phi) is 3.84. The second kappa shape index (κ2) is 5.55. The lowest BCUT2D eigenvalue weighted by Crippen LogP contribution is -2.11. The highest BCUT2D eigenvalue weighted by Crippen LogP contribution is 2.28. The van der Waals surface area contributed by atoms with Crippen molar-refractivity contribution in [3.63, 3.8) is 0 Å². The first-order valence-corrected chi connectivity index (χ1v) is 6.02. The van der Waals surface area contributed by atoms with Crippen LogP contribution in [0, 0.1) is 11.3 Å². The van der Waals surface area contributed by atoms with Crippen molar-refractivity contribution in [3.8, 4) is 6.07 Å². The standard InChI is InChI=1S/C15H11ClN2O/c1-18(14-5-2-11(9-17)3-6-14)15-7-4-13(16)8-12(15)10-19/h2-8,10H,1H3. The van der Waals surface area contributed by atoms with Crippen LogP contribution in [0.25, 0.3) is 0 Å². The van der Waals surface area contributed by atoms with E-state index in [-0.39, 0.29) is 0 Å². The van der Waals surface area contributed by atoms with Gasteiger partial charge in [-0.25, -0.2) is 0 Å². The summed E-state index contributed by atoms with van der Waals surface area (Å²) in [6.45, 7) is 0. The lowest BCUT2D eigenvalue weighted by atomic mass is 10.1. The van der Waals surface area contributed by atoms with Crippen molar-refractivity contribution in [2.24, 2.45) is 0 Å². The molecule has 0 bridgehead atoms. The molecule has 0 spiro atoms. The topological polar surface area (TPSA) is 44.1 Å². The van der Waals surface area contributed by atoms with E-state index in [0.29, 0.717) is 16.1 Å². The van der Waals surface area contributed by atoms with Crippen molar-refractivity contribution in [2.45, 2.75) is 0 Å². The number of hydrogen-bond acceptors (Lipinski definition) is 3. The molecule has 2 rings (SSSR count). The molecule has 2 aromatic rings. The van der Waals surface area contributed by atoms with Crippen LogP contribution in [0.1, 0.15) is 15.9 Å². The summed E-state index contributed by atoms with van der Waals surface area (Å²) in [6, 6.07) is 14.4. The van der Waals surface area contributed by atoms with E-state index in [1.165, 1.54) is 0 Å². The quantitative estimate of drug-likeness (QED) is 0.797. The average molecular weight is 271 g/mol. The lowest BCUT2D eigenvalue weighted by Gasteiger charge is -2.21. The van der Waals surface area contributed by atoms with E-state index < -0.39 is 0 Å². The maximum absolute atomic E-state index is 11.1. The van der Waals surface area contributed by atoms with Gasteiger partial charge in [0.15, 0.2) is 6.29 Å². The Hall–Kier alpha value is -2.31. The number of anilines is 2. The Morgan fingerprint density at radius 3 is 2.47 bits per heavy atom. The SMILES string of the molecule is CN(c1ccc(C#N)cc1)c1ccc(Cl)cc1C=O. The number of rotatable bonds is 3. The number of carbonyl (C=O) groups is 1. The summed E-state index contributed by atoms with van der Waals surface area (Å²) in [5, 5.41) is 9.30. The smallest absolute Gasteiger partial charge is 0.152 e. The van der Waals surface area contributed by atoms with Gasteiger partial charge in [0.25, 0.3) is 0 Å². The molecule has 0 saturated heterocycles. The third-order valence-electron chi connectivity index (χ3n) is 2.86. The van der Waals surface area contributed by atoms with Crippen LogP contribution in [0.5, 0.6) is 0 Å². The minimum absolute atomic E-state index is 0.527. The number of aldehydes is 1. The second-order valence-electron chi connectivity index (χ2n) is 4.04. The van der Waals surface area contributed by atoms with Crippen molar-refractivity contribution in [2.75, 3.05) is 11.9 Å². The van der Waals surface area contributed by atoms with Gasteiger partial charge in [-0.15, -0.1) is 0 Å². The predicted molar refractivity (Wildman–Crippen MR) is 76.1 cm³/mol. The van der Waals surface area contributed by atoms with Crippen molar-refractivity contribution >= 4 is 29.3 Å². The fourth-order valence-electron chi connectivity index (χ4n) is 1.82. The zero-order chi connectivity index (χ0) is 13.8. The molecule has 19 heavy (non-hydrogen) atoms. The van der Waals surface area contributed by atoms with Crippen LogP contribution >= 0.6 is 11.6 Å². The zero-order valence-corrected chi connectivity index (χ0v) is 11.1. The third-order valence-corrected chi connectivity index (χ3v) is 3.10. The predicted octanol–water partition coefficient (Wildman–Crippen LogP) is 3.79. The maximum Gasteiger partial charge on any atom is 0.152 e. The van der Waals surface area contributed by atoms with Gasteiger partial charge in [-0.2, -0.15) is 5.26 Å². The minimum Gasteiger partial charge on any atom is -0.344 e. The second-order valence-corrected chi connectivity index (χ2v) is 4.48. The van der Waals surface area contributed by atoms with Crippen molar-refractivity contribution in [1.82, 2.24) is 0 Å². The number of carbonyl (C=O) groups excluding carboxylic acids is 1. The number of halogens is 1. The van der Waals surface area contributed by atoms with Crippen LogP contribution in [-0.2, 0) is 0 Å². The van der Waals surface area contributed by atoms with Gasteiger partial charge >= 0.3 is 0 Å². The highest BCUT2D eigenvalue weighted by Gasteiger charge is 2.09. The highest BCUT2D eigenvalue weighted by atomic mass is 35.5. The Morgan fingerprint density at radius 2 is 1.89 bits per heavy atom. The average Bonchev–Trinajstić information content (AvgIpc) is 2.46. The van der Waals surface area contributed by atoms with E-state index in [1.807, 2.05) is 24.1 Å². The molecule has 0 aliphatic rings. The lowest BCUT2D eigenvalue weighted by molar-refractivity contribution is 0.112. The number of nitriles is 1. The van der Waals surface area contributed by atoms with Gasteiger partial charge in [-0.1, -0.05) is 11.6 Å². The van der Waals surface area contributed by atoms with Gasteiger partial charge in [0.2, 0.25) is 0 Å². The van der Waals surface area contributed by atoms with E-state index in [4.69, 9.17) is 16.9 Å². The molecule has 3 nitrogen and oxygen atoms in total. The summed E-state index contributed by atoms with van der Waals surface area (Å²) in [4.78, 5) is 13.0. The van der Waals surface area contributed by atoms with Gasteiger partial charge in [0.1, 0.15) is 0 Å². The first-order valence-electron chi connectivity index (χ1n) is 5.64. The Morgan fingerprint density at radius 1 is 1.21 bits per heavy atom. The summed E-state index contributed by atoms with van der Waals surface area (Å²) in [5.41, 5.74) is 2.79. The summed E-state index contributed by atoms with van der Waals surface area (Å²) in [5.74, 6) is 0. The molecule has 0 aromatic heterocycles. The molecule has 0 saturated carbocycles. The van der Waals surface area contributed by atoms with Gasteiger partial charge < -0.3 is 4.90 Å². The molecule has 4 heteroatoms. The largest absolute Gasteiger partial charge is 0.344 e. The number of benzene rings is 2. The minimum atomic E-state index is 0.527. The zero-order valence-electron chi connectivity index (χ0n) is 10.3. The first-order chi connectivity index (χ1) is 9.15. The van der Waals surface area contributed by atoms with Crippen molar-refractivity contribution in [1.29, 1.82) is 5.26 Å². The molecule has 0 N–H and O–H groups in total. The number of hydrogen-bond donors (Lipinski definition) is 0. The van der Waals surface area contributed by atoms with Gasteiger partial charge in [-0.3, -0.25) is 4.79 Å². The molecule has 2 aromatic carbocycles. The third kappa shape index (κ3) is 2.75. The summed E-state index contributed by atoms with van der Waals surface area (Å²) < 4.78 is 0. The molecular formula is C15H11ClN2O. The van der Waals surface area contributed by atoms with Crippen molar-refractivity contribution < 1.29 is 4.79 Å². The normalized spacial score (nSPS) is 9.74. The highest BCUT2D eigenvalue weighted by molar-refractivity contribution is 6.31. The van der Waals surface area contributed by atoms with Crippen LogP contribution in [0.2, 0.25) is 5.02 Å². The molecule has 0 unspecified atom stereocenters. The van der Waals surface area contributed by atoms with Gasteiger partial charge in [0.05, 0.1) is 17.3 Å². The van der Waals surface area contributed by atoms with Crippen LogP contribution in [0.3, 0.4) is 0 Å². The molecule has 0 fully saturated rings. The summed E-state index contributed by atoms with van der Waals surface area (Å²) in [6.07, 6.45) is 0.779. The van der Waals surface area contributed by atoms with E-state index in [2.05, 4.69) is 6.07 Å². The Bertz CT molecular complexity index is 644. The summed E-state index contributed by atoms with van der Waals surface area (Å²) >= 11 is 5.87. The molecule has 0 aliphatic heterocycles. The molecule has 0 atom stereocenters. The maximum atomic E-state index is 11.1. The molecule has 94 valence electrons. The van der Waals surface area contributed by atoms with E-state index >= 15 is 0 Å². The fraction of sp³-hybridized carbons (Fsp3) is 0.0667. The van der Waals surface area contributed by atoms with E-state index in [0.717, 1.165) is 17.7 Å². The molecule has 0 amide bonds. The fourth-order valence-corrected chi connectivity index (χ4v) is 2.00. The monoisotopic (exact) mass is 270 g/mol. The molecule has 0 aliphatic carbocycles. The summed E-state index contributed by atoms with van der Waals surface area (Å²) in [7, 11) is 1.86. The van der Waals surface area contributed by atoms with Crippen LogP contribution in [-0.4, -0.2) is 13.3 Å². The van der Waals surface area contributed by atoms with E-state index in [9.17, 15) is 4.79 Å². The molecular weight excluding hydrogens is 260 g/mol. The first kappa shape index (κ1) is 13.1. The molecule has 0 heterocycles. The Labute approximate surface area is 116 Å². The van der Waals surface area contributed by atoms with Gasteiger partial charge in [-0.05, 0) is 42.5 Å². The van der Waals surface area contributed by atoms with Crippen LogP contribution < -0.4 is 4.90 Å². The van der Waals surface area contributed by atoms with Crippen molar-refractivity contribution in [3.05, 3.63) is 58.6 Å². The number of nitrogens with zero attached hydrogens (tertiary/aromatic N) is 2. The Balaban J connectivity index is 2.40. The van der Waals surface area contributed by atoms with Gasteiger partial charge in [0, 0.05) is 23.3 Å². The van der Waals surface area contributed by atoms with Crippen LogP contribution in [0.15, 0.2) is 42.5 Å². The van der Waals surface area contributed by atoms with Crippen LogP contribution in [0.4, 0.5) is 11.4 Å². The van der Waals surface area contributed by atoms with E-state index in [1.54, 1.807) is 30.3 Å².